The van der Waals surface area contributed by atoms with Crippen molar-refractivity contribution in [2.45, 2.75) is 13.1 Å². The Morgan fingerprint density at radius 3 is 1.60 bits per heavy atom. The minimum absolute atomic E-state index is 0. The molecule has 8 heteroatoms. The summed E-state index contributed by atoms with van der Waals surface area (Å²) in [6.07, 6.45) is 0. The molecule has 0 aliphatic rings. The molecule has 0 aromatic heterocycles. The Kier molecular flexibility index (Phi) is 9.69. The molecule has 110 valence electrons. The van der Waals surface area contributed by atoms with Gasteiger partial charge in [-0.25, -0.2) is 0 Å². The summed E-state index contributed by atoms with van der Waals surface area (Å²) in [5, 5.41) is 0.597. The molecular formula is C12H19ClMgO5Si. The summed E-state index contributed by atoms with van der Waals surface area (Å²) in [4.78, 5) is 12.3. The number of benzene rings is 1. The van der Waals surface area contributed by atoms with Crippen molar-refractivity contribution < 1.29 is 36.2 Å². The van der Waals surface area contributed by atoms with Crippen molar-refractivity contribution in [3.8, 4) is 23.0 Å². The van der Waals surface area contributed by atoms with E-state index in [2.05, 4.69) is 0 Å². The van der Waals surface area contributed by atoms with Crippen molar-refractivity contribution in [2.75, 3.05) is 28.4 Å². The van der Waals surface area contributed by atoms with Crippen molar-refractivity contribution >= 4 is 36.6 Å². The van der Waals surface area contributed by atoms with Crippen LogP contribution in [0.4, 0.5) is 0 Å². The van der Waals surface area contributed by atoms with E-state index in [9.17, 15) is 4.80 Å². The Labute approximate surface area is 143 Å². The molecule has 0 radical (unpaired) electrons. The summed E-state index contributed by atoms with van der Waals surface area (Å²) in [6, 6.07) is 1.68. The van der Waals surface area contributed by atoms with Crippen LogP contribution in [0.1, 0.15) is 0 Å². The second-order valence-corrected chi connectivity index (χ2v) is 7.80. The fraction of sp³-hybridized carbons (Fsp3) is 0.500. The Morgan fingerprint density at radius 1 is 0.850 bits per heavy atom. The van der Waals surface area contributed by atoms with E-state index >= 15 is 0 Å². The third-order valence-corrected chi connectivity index (χ3v) is 4.31. The molecule has 0 fully saturated rings. The molecule has 1 aromatic rings. The molecule has 5 nitrogen and oxygen atoms in total. The Morgan fingerprint density at radius 2 is 1.30 bits per heavy atom. The Hall–Kier alpha value is -0.347. The van der Waals surface area contributed by atoms with Crippen LogP contribution < -0.4 is 41.3 Å². The van der Waals surface area contributed by atoms with Crippen LogP contribution >= 0.6 is 0 Å². The average Bonchev–Trinajstić information content (AvgIpc) is 2.34. The molecule has 0 unspecified atom stereocenters. The standard InChI is InChI=1S/C12H19O5Si.ClH.Mg/c1-14-8-7-9(18(5,6)13)11(16-3)12(17-4)10(8)15-2;;/h7H,1-6H3;1H;/q-1;;+2/p-1. The van der Waals surface area contributed by atoms with Gasteiger partial charge in [-0.15, -0.1) is 0 Å². The van der Waals surface area contributed by atoms with Gasteiger partial charge in [-0.3, -0.25) is 0 Å². The van der Waals surface area contributed by atoms with Gasteiger partial charge < -0.3 is 36.2 Å². The van der Waals surface area contributed by atoms with E-state index in [1.54, 1.807) is 19.2 Å². The number of rotatable bonds is 5. The SMILES string of the molecule is COc1cc([Si](C)(C)[O-])c(OC)c(OC)c1OC.[Cl-].[Mg+2]. The summed E-state index contributed by atoms with van der Waals surface area (Å²) in [5.41, 5.74) is 0. The van der Waals surface area contributed by atoms with Gasteiger partial charge in [-0.05, 0) is 19.6 Å². The minimum Gasteiger partial charge on any atom is -1.00 e. The number of methoxy groups -OCH3 is 4. The Bertz CT molecular complexity index is 437. The first-order valence-electron chi connectivity index (χ1n) is 5.48. The van der Waals surface area contributed by atoms with E-state index in [1.807, 2.05) is 0 Å². The smallest absolute Gasteiger partial charge is 1.00 e. The second-order valence-electron chi connectivity index (χ2n) is 4.24. The molecule has 0 amide bonds. The Balaban J connectivity index is 0. The van der Waals surface area contributed by atoms with E-state index in [-0.39, 0.29) is 35.5 Å². The summed E-state index contributed by atoms with van der Waals surface area (Å²) in [5.74, 6) is 1.73. The maximum Gasteiger partial charge on any atom is 2.00 e. The van der Waals surface area contributed by atoms with Crippen molar-refractivity contribution in [3.63, 3.8) is 0 Å². The summed E-state index contributed by atoms with van der Waals surface area (Å²) in [7, 11) is 3.22. The van der Waals surface area contributed by atoms with Gasteiger partial charge in [0.2, 0.25) is 11.5 Å². The van der Waals surface area contributed by atoms with E-state index < -0.39 is 8.32 Å². The van der Waals surface area contributed by atoms with Crippen LogP contribution in [0.2, 0.25) is 13.1 Å². The third-order valence-electron chi connectivity index (χ3n) is 2.64. The van der Waals surface area contributed by atoms with Crippen molar-refractivity contribution in [2.24, 2.45) is 0 Å². The first kappa shape index (κ1) is 21.9. The van der Waals surface area contributed by atoms with Gasteiger partial charge in [0.05, 0.1) is 28.4 Å². The topological polar surface area (TPSA) is 60.0 Å². The first-order valence-corrected chi connectivity index (χ1v) is 8.39. The summed E-state index contributed by atoms with van der Waals surface area (Å²) < 4.78 is 21.1. The van der Waals surface area contributed by atoms with Crippen molar-refractivity contribution in [3.05, 3.63) is 6.07 Å². The van der Waals surface area contributed by atoms with Gasteiger partial charge in [-0.1, -0.05) is 13.1 Å². The monoisotopic (exact) mass is 330 g/mol. The molecule has 1 aromatic carbocycles. The number of hydrogen-bond acceptors (Lipinski definition) is 5. The first-order chi connectivity index (χ1) is 8.40. The van der Waals surface area contributed by atoms with Gasteiger partial charge in [-0.2, -0.15) is 0 Å². The van der Waals surface area contributed by atoms with E-state index in [1.165, 1.54) is 28.4 Å². The molecular weight excluding hydrogens is 312 g/mol. The van der Waals surface area contributed by atoms with Gasteiger partial charge in [0.1, 0.15) is 0 Å². The van der Waals surface area contributed by atoms with Crippen LogP contribution in [0, 0.1) is 0 Å². The third kappa shape index (κ3) is 4.32. The molecule has 0 bridgehead atoms. The van der Waals surface area contributed by atoms with Crippen LogP contribution in [0.3, 0.4) is 0 Å². The minimum atomic E-state index is -2.82. The molecule has 0 aliphatic heterocycles. The van der Waals surface area contributed by atoms with Crippen LogP contribution in [-0.4, -0.2) is 59.8 Å². The molecule has 0 aliphatic carbocycles. The maximum atomic E-state index is 12.3. The molecule has 0 N–H and O–H groups in total. The van der Waals surface area contributed by atoms with Crippen LogP contribution in [0.25, 0.3) is 0 Å². The average molecular weight is 331 g/mol. The van der Waals surface area contributed by atoms with Gasteiger partial charge >= 0.3 is 23.1 Å². The fourth-order valence-electron chi connectivity index (χ4n) is 1.78. The number of halogens is 1. The molecule has 1 rings (SSSR count). The van der Waals surface area contributed by atoms with E-state index in [0.717, 1.165) is 0 Å². The van der Waals surface area contributed by atoms with E-state index in [0.29, 0.717) is 28.2 Å². The van der Waals surface area contributed by atoms with Gasteiger partial charge in [0, 0.05) is 0 Å². The predicted molar refractivity (Wildman–Crippen MR) is 75.5 cm³/mol. The molecule has 0 heterocycles. The van der Waals surface area contributed by atoms with Gasteiger partial charge in [0.15, 0.2) is 11.5 Å². The normalized spacial score (nSPS) is 9.95. The molecule has 20 heavy (non-hydrogen) atoms. The predicted octanol–water partition coefficient (Wildman–Crippen LogP) is -2.88. The number of ether oxygens (including phenoxy) is 4. The zero-order valence-corrected chi connectivity index (χ0v) is 15.9. The van der Waals surface area contributed by atoms with Crippen LogP contribution in [0.15, 0.2) is 6.07 Å². The summed E-state index contributed by atoms with van der Waals surface area (Å²) >= 11 is 0. The fourth-order valence-corrected chi connectivity index (χ4v) is 3.02. The molecule has 0 spiro atoms. The largest absolute Gasteiger partial charge is 2.00 e. The van der Waals surface area contributed by atoms with Crippen LogP contribution in [0.5, 0.6) is 23.0 Å². The molecule has 0 saturated heterocycles. The van der Waals surface area contributed by atoms with Crippen LogP contribution in [-0.2, 0) is 0 Å². The van der Waals surface area contributed by atoms with Gasteiger partial charge in [0.25, 0.3) is 0 Å². The zero-order valence-electron chi connectivity index (χ0n) is 12.7. The molecule has 0 atom stereocenters. The van der Waals surface area contributed by atoms with E-state index in [4.69, 9.17) is 18.9 Å². The maximum absolute atomic E-state index is 12.3. The zero-order chi connectivity index (χ0) is 13.9. The molecule has 0 saturated carbocycles. The second kappa shape index (κ2) is 8.83. The quantitative estimate of drug-likeness (QED) is 0.543. The van der Waals surface area contributed by atoms with Crippen molar-refractivity contribution in [1.29, 1.82) is 0 Å². The summed E-state index contributed by atoms with van der Waals surface area (Å²) in [6.45, 7) is 3.38. The van der Waals surface area contributed by atoms with Crippen molar-refractivity contribution in [1.82, 2.24) is 0 Å². The number of hydrogen-bond donors (Lipinski definition) is 0.